The van der Waals surface area contributed by atoms with Gasteiger partial charge in [0.05, 0.1) is 0 Å². The number of aryl methyl sites for hydroxylation is 1. The van der Waals surface area contributed by atoms with Crippen LogP contribution in [0.4, 0.5) is 13.2 Å². The van der Waals surface area contributed by atoms with Gasteiger partial charge in [0.2, 0.25) is 0 Å². The molecule has 0 aliphatic carbocycles. The van der Waals surface area contributed by atoms with Gasteiger partial charge in [0, 0.05) is 18.8 Å². The molecule has 0 aromatic heterocycles. The van der Waals surface area contributed by atoms with E-state index in [4.69, 9.17) is 0 Å². The molecule has 0 saturated heterocycles. The van der Waals surface area contributed by atoms with Crippen LogP contribution < -0.4 is 0 Å². The Morgan fingerprint density at radius 2 is 1.61 bits per heavy atom. The third-order valence-corrected chi connectivity index (χ3v) is 2.28. The molecule has 1 nitrogen and oxygen atoms in total. The van der Waals surface area contributed by atoms with Gasteiger partial charge in [-0.2, -0.15) is 13.2 Å². The van der Waals surface area contributed by atoms with Crippen LogP contribution in [0.2, 0.25) is 0 Å². The molecular formula is C14H18F3N. The molecule has 1 aromatic rings. The Labute approximate surface area is 106 Å². The molecule has 0 aliphatic heterocycles. The van der Waals surface area contributed by atoms with Gasteiger partial charge in [-0.25, -0.2) is 0 Å². The average molecular weight is 257 g/mol. The maximum atomic E-state index is 11.9. The van der Waals surface area contributed by atoms with E-state index in [9.17, 15) is 13.2 Å². The van der Waals surface area contributed by atoms with Crippen LogP contribution in [0.5, 0.6) is 0 Å². The van der Waals surface area contributed by atoms with E-state index in [0.717, 1.165) is 6.92 Å². The second-order valence-corrected chi connectivity index (χ2v) is 3.85. The number of benzene rings is 1. The van der Waals surface area contributed by atoms with Gasteiger partial charge in [-0.1, -0.05) is 35.9 Å². The summed E-state index contributed by atoms with van der Waals surface area (Å²) in [5.74, 6) is 0. The molecular weight excluding hydrogens is 239 g/mol. The summed E-state index contributed by atoms with van der Waals surface area (Å²) in [6, 6.07) is 10.3. The normalized spacial score (nSPS) is 12.8. The van der Waals surface area contributed by atoms with Crippen molar-refractivity contribution in [3.8, 4) is 0 Å². The summed E-state index contributed by atoms with van der Waals surface area (Å²) in [6.45, 7) is 4.51. The largest absolute Gasteiger partial charge is 0.412 e. The van der Waals surface area contributed by atoms with Crippen molar-refractivity contribution < 1.29 is 13.2 Å². The Balaban J connectivity index is 0.000000351. The summed E-state index contributed by atoms with van der Waals surface area (Å²) in [5.41, 5.74) is 0.880. The van der Waals surface area contributed by atoms with E-state index in [2.05, 4.69) is 24.0 Å². The number of nitrogens with zero attached hydrogens (tertiary/aromatic N) is 1. The van der Waals surface area contributed by atoms with Crippen molar-refractivity contribution in [3.05, 3.63) is 47.0 Å². The maximum absolute atomic E-state index is 11.9. The van der Waals surface area contributed by atoms with Crippen molar-refractivity contribution >= 4 is 6.21 Å². The van der Waals surface area contributed by atoms with Crippen LogP contribution in [0, 0.1) is 6.92 Å². The first-order valence-corrected chi connectivity index (χ1v) is 5.47. The second kappa shape index (κ2) is 7.69. The van der Waals surface area contributed by atoms with Crippen LogP contribution in [-0.2, 0) is 0 Å². The van der Waals surface area contributed by atoms with Gasteiger partial charge < -0.3 is 0 Å². The molecule has 0 amide bonds. The highest BCUT2D eigenvalue weighted by Gasteiger charge is 2.31. The minimum atomic E-state index is -4.23. The minimum absolute atomic E-state index is 0.153. The van der Waals surface area contributed by atoms with E-state index < -0.39 is 11.7 Å². The zero-order valence-corrected chi connectivity index (χ0v) is 11.0. The fourth-order valence-electron chi connectivity index (χ4n) is 1.05. The first-order valence-electron chi connectivity index (χ1n) is 5.47. The van der Waals surface area contributed by atoms with E-state index in [1.165, 1.54) is 25.7 Å². The predicted octanol–water partition coefficient (Wildman–Crippen LogP) is 4.58. The predicted molar refractivity (Wildman–Crippen MR) is 70.0 cm³/mol. The lowest BCUT2D eigenvalue weighted by atomic mass is 10.1. The van der Waals surface area contributed by atoms with Gasteiger partial charge in [-0.15, -0.1) is 0 Å². The van der Waals surface area contributed by atoms with Crippen molar-refractivity contribution in [2.75, 3.05) is 7.05 Å². The summed E-state index contributed by atoms with van der Waals surface area (Å²) in [5, 5.41) is 0. The third-order valence-electron chi connectivity index (χ3n) is 2.28. The zero-order chi connectivity index (χ0) is 14.2. The smallest absolute Gasteiger partial charge is 0.296 e. The summed E-state index contributed by atoms with van der Waals surface area (Å²) < 4.78 is 35.7. The molecule has 1 aromatic carbocycles. The van der Waals surface area contributed by atoms with Crippen LogP contribution in [0.3, 0.4) is 0 Å². The van der Waals surface area contributed by atoms with E-state index in [1.807, 2.05) is 18.2 Å². The Hall–Kier alpha value is -1.58. The molecule has 0 bridgehead atoms. The molecule has 0 aliphatic rings. The first-order chi connectivity index (χ1) is 8.29. The highest BCUT2D eigenvalue weighted by atomic mass is 19.4. The summed E-state index contributed by atoms with van der Waals surface area (Å²) in [7, 11) is 1.44. The van der Waals surface area contributed by atoms with Crippen molar-refractivity contribution in [1.82, 2.24) is 0 Å². The van der Waals surface area contributed by atoms with Crippen LogP contribution in [0.25, 0.3) is 0 Å². The number of hydrogen-bond acceptors (Lipinski definition) is 1. The van der Waals surface area contributed by atoms with Gasteiger partial charge in [0.25, 0.3) is 0 Å². The van der Waals surface area contributed by atoms with E-state index in [0.29, 0.717) is 0 Å². The standard InChI is InChI=1S/C7H10F3N.C7H8/c1-5(4-11-3)6(2)7(8,9)10;1-7-5-3-2-4-6-7/h4H,1-3H3;2-6H,1H3/b6-5+,11-4?;. The molecule has 1 rings (SSSR count). The Morgan fingerprint density at radius 3 is 1.89 bits per heavy atom. The zero-order valence-electron chi connectivity index (χ0n) is 11.0. The Kier molecular flexibility index (Phi) is 7.01. The molecule has 0 spiro atoms. The molecule has 0 radical (unpaired) electrons. The van der Waals surface area contributed by atoms with Crippen molar-refractivity contribution in [1.29, 1.82) is 0 Å². The molecule has 0 saturated carbocycles. The molecule has 0 fully saturated rings. The lowest BCUT2D eigenvalue weighted by Crippen LogP contribution is -2.11. The molecule has 4 heteroatoms. The van der Waals surface area contributed by atoms with Crippen molar-refractivity contribution in [3.63, 3.8) is 0 Å². The SMILES string of the molecule is CN=C/C(C)=C(\C)C(F)(F)F.Cc1ccccc1. The minimum Gasteiger partial charge on any atom is -0.296 e. The van der Waals surface area contributed by atoms with Gasteiger partial charge in [-0.05, 0) is 26.3 Å². The number of aliphatic imine (C=N–C) groups is 1. The van der Waals surface area contributed by atoms with Crippen LogP contribution in [0.15, 0.2) is 46.5 Å². The van der Waals surface area contributed by atoms with E-state index in [1.54, 1.807) is 0 Å². The van der Waals surface area contributed by atoms with Gasteiger partial charge in [0.15, 0.2) is 0 Å². The second-order valence-electron chi connectivity index (χ2n) is 3.85. The Bertz CT molecular complexity index is 403. The van der Waals surface area contributed by atoms with E-state index in [-0.39, 0.29) is 5.57 Å². The fraction of sp³-hybridized carbons (Fsp3) is 0.357. The van der Waals surface area contributed by atoms with Crippen molar-refractivity contribution in [2.24, 2.45) is 4.99 Å². The summed E-state index contributed by atoms with van der Waals surface area (Å²) in [6.07, 6.45) is -3.03. The number of alkyl halides is 3. The van der Waals surface area contributed by atoms with Crippen LogP contribution in [-0.4, -0.2) is 19.4 Å². The van der Waals surface area contributed by atoms with Crippen LogP contribution >= 0.6 is 0 Å². The molecule has 0 atom stereocenters. The van der Waals surface area contributed by atoms with Crippen LogP contribution in [0.1, 0.15) is 19.4 Å². The number of hydrogen-bond donors (Lipinski definition) is 0. The molecule has 0 unspecified atom stereocenters. The highest BCUT2D eigenvalue weighted by molar-refractivity contribution is 5.78. The number of allylic oxidation sites excluding steroid dienone is 2. The molecule has 0 N–H and O–H groups in total. The molecule has 18 heavy (non-hydrogen) atoms. The quantitative estimate of drug-likeness (QED) is 0.653. The topological polar surface area (TPSA) is 12.4 Å². The lowest BCUT2D eigenvalue weighted by molar-refractivity contribution is -0.0917. The molecule has 100 valence electrons. The van der Waals surface area contributed by atoms with Gasteiger partial charge in [0.1, 0.15) is 0 Å². The maximum Gasteiger partial charge on any atom is 0.412 e. The van der Waals surface area contributed by atoms with E-state index >= 15 is 0 Å². The highest BCUT2D eigenvalue weighted by Crippen LogP contribution is 2.26. The first kappa shape index (κ1) is 16.4. The fourth-order valence-corrected chi connectivity index (χ4v) is 1.05. The summed E-state index contributed by atoms with van der Waals surface area (Å²) in [4.78, 5) is 3.49. The number of halogens is 3. The lowest BCUT2D eigenvalue weighted by Gasteiger charge is -2.07. The van der Waals surface area contributed by atoms with Gasteiger partial charge in [-0.3, -0.25) is 4.99 Å². The average Bonchev–Trinajstić information content (AvgIpc) is 2.29. The summed E-state index contributed by atoms with van der Waals surface area (Å²) >= 11 is 0. The molecule has 0 heterocycles. The van der Waals surface area contributed by atoms with Gasteiger partial charge >= 0.3 is 6.18 Å². The Morgan fingerprint density at radius 1 is 1.11 bits per heavy atom. The van der Waals surface area contributed by atoms with Crippen molar-refractivity contribution in [2.45, 2.75) is 26.9 Å². The number of rotatable bonds is 1. The monoisotopic (exact) mass is 257 g/mol. The third kappa shape index (κ3) is 6.89.